The first kappa shape index (κ1) is 20.1. The average molecular weight is 414 g/mol. The van der Waals surface area contributed by atoms with Crippen molar-refractivity contribution in [1.29, 1.82) is 0 Å². The number of fused-ring (bicyclic) bond motifs is 1. The van der Waals surface area contributed by atoms with Crippen molar-refractivity contribution in [2.75, 3.05) is 38.7 Å². The van der Waals surface area contributed by atoms with E-state index in [9.17, 15) is 0 Å². The number of nitrogens with one attached hydrogen (secondary N) is 2. The lowest BCUT2D eigenvalue weighted by Crippen LogP contribution is -3.12. The summed E-state index contributed by atoms with van der Waals surface area (Å²) in [5.74, 6) is 2.69. The van der Waals surface area contributed by atoms with Crippen LogP contribution in [0.5, 0.6) is 5.75 Å². The predicted octanol–water partition coefficient (Wildman–Crippen LogP) is 2.90. The molecule has 0 amide bonds. The fourth-order valence-corrected chi connectivity index (χ4v) is 4.89. The summed E-state index contributed by atoms with van der Waals surface area (Å²) >= 11 is 1.75. The second-order valence-electron chi connectivity index (χ2n) is 7.60. The molecule has 3 aromatic rings. The number of thiophene rings is 1. The highest BCUT2D eigenvalue weighted by atomic mass is 32.1. The smallest absolute Gasteiger partial charge is 0.187 e. The molecule has 0 unspecified atom stereocenters. The molecule has 1 atom stereocenters. The van der Waals surface area contributed by atoms with E-state index in [1.807, 2.05) is 18.2 Å². The van der Waals surface area contributed by atoms with E-state index in [-0.39, 0.29) is 6.04 Å². The monoisotopic (exact) mass is 413 g/mol. The lowest BCUT2D eigenvalue weighted by molar-refractivity contribution is -0.922. The Morgan fingerprint density at radius 3 is 2.72 bits per heavy atom. The van der Waals surface area contributed by atoms with Gasteiger partial charge in [0, 0.05) is 10.4 Å². The van der Waals surface area contributed by atoms with Gasteiger partial charge in [0.1, 0.15) is 36.0 Å². The molecule has 6 nitrogen and oxygen atoms in total. The molecule has 0 saturated carbocycles. The molecule has 1 saturated heterocycles. The van der Waals surface area contributed by atoms with E-state index in [0.29, 0.717) is 0 Å². The van der Waals surface area contributed by atoms with Crippen molar-refractivity contribution in [2.45, 2.75) is 33.4 Å². The number of para-hydroxylation sites is 1. The van der Waals surface area contributed by atoms with Gasteiger partial charge < -0.3 is 19.7 Å². The second kappa shape index (κ2) is 8.65. The minimum Gasteiger partial charge on any atom is -0.496 e. The lowest BCUT2D eigenvalue weighted by Gasteiger charge is -2.23. The van der Waals surface area contributed by atoms with Crippen LogP contribution < -0.4 is 15.0 Å². The summed E-state index contributed by atoms with van der Waals surface area (Å²) in [6, 6.07) is 8.19. The van der Waals surface area contributed by atoms with Crippen LogP contribution in [0.3, 0.4) is 0 Å². The molecule has 4 rings (SSSR count). The van der Waals surface area contributed by atoms with Gasteiger partial charge in [0.25, 0.3) is 0 Å². The van der Waals surface area contributed by atoms with E-state index < -0.39 is 0 Å². The lowest BCUT2D eigenvalue weighted by atomic mass is 10.1. The normalized spacial score (nSPS) is 16.1. The van der Waals surface area contributed by atoms with E-state index in [1.54, 1.807) is 18.4 Å². The Hall–Kier alpha value is -2.22. The van der Waals surface area contributed by atoms with Crippen molar-refractivity contribution < 1.29 is 14.4 Å². The zero-order chi connectivity index (χ0) is 20.4. The number of methoxy groups -OCH3 is 1. The van der Waals surface area contributed by atoms with Gasteiger partial charge in [0.15, 0.2) is 5.82 Å². The predicted molar refractivity (Wildman–Crippen MR) is 117 cm³/mol. The first-order valence-electron chi connectivity index (χ1n) is 10.1. The van der Waals surface area contributed by atoms with Crippen LogP contribution in [0.15, 0.2) is 24.3 Å². The number of ether oxygens (including phenoxy) is 2. The quantitative estimate of drug-likeness (QED) is 0.651. The van der Waals surface area contributed by atoms with E-state index in [4.69, 9.17) is 19.4 Å². The zero-order valence-electron chi connectivity index (χ0n) is 17.5. The van der Waals surface area contributed by atoms with Gasteiger partial charge in [-0.15, -0.1) is 11.3 Å². The minimum absolute atomic E-state index is 0.0624. The Balaban J connectivity index is 1.69. The van der Waals surface area contributed by atoms with E-state index >= 15 is 0 Å². The number of quaternary nitrogens is 1. The second-order valence-corrected chi connectivity index (χ2v) is 8.80. The van der Waals surface area contributed by atoms with Crippen molar-refractivity contribution >= 4 is 27.4 Å². The molecule has 0 aliphatic carbocycles. The van der Waals surface area contributed by atoms with Crippen LogP contribution in [-0.4, -0.2) is 43.4 Å². The van der Waals surface area contributed by atoms with Crippen LogP contribution in [0.25, 0.3) is 10.2 Å². The van der Waals surface area contributed by atoms with Crippen LogP contribution in [-0.2, 0) is 11.3 Å². The number of rotatable bonds is 6. The highest BCUT2D eigenvalue weighted by molar-refractivity contribution is 7.18. The summed E-state index contributed by atoms with van der Waals surface area (Å²) < 4.78 is 11.0. The maximum Gasteiger partial charge on any atom is 0.187 e. The fraction of sp³-hybridized carbons (Fsp3) is 0.455. The zero-order valence-corrected chi connectivity index (χ0v) is 18.4. The molecule has 1 aromatic carbocycles. The molecule has 0 radical (unpaired) electrons. The van der Waals surface area contributed by atoms with Gasteiger partial charge in [-0.1, -0.05) is 18.2 Å². The number of aryl methyl sites for hydroxylation is 2. The maximum absolute atomic E-state index is 5.56. The number of nitrogens with zero attached hydrogens (tertiary/aromatic N) is 2. The molecule has 1 aliphatic rings. The van der Waals surface area contributed by atoms with Crippen LogP contribution in [0.2, 0.25) is 0 Å². The highest BCUT2D eigenvalue weighted by Gasteiger charge is 2.21. The molecule has 2 aromatic heterocycles. The number of morpholine rings is 1. The van der Waals surface area contributed by atoms with Crippen LogP contribution in [0, 0.1) is 13.8 Å². The molecular formula is C22H29N4O2S+. The summed E-state index contributed by atoms with van der Waals surface area (Å²) in [6.45, 7) is 10.9. The van der Waals surface area contributed by atoms with E-state index in [0.717, 1.165) is 66.0 Å². The van der Waals surface area contributed by atoms with Gasteiger partial charge in [-0.05, 0) is 32.4 Å². The Morgan fingerprint density at radius 2 is 1.97 bits per heavy atom. The van der Waals surface area contributed by atoms with E-state index in [1.165, 1.54) is 15.3 Å². The first-order valence-corrected chi connectivity index (χ1v) is 11.0. The Kier molecular flexibility index (Phi) is 5.99. The Bertz CT molecular complexity index is 998. The largest absolute Gasteiger partial charge is 0.496 e. The molecule has 0 spiro atoms. The Labute approximate surface area is 175 Å². The third kappa shape index (κ3) is 4.22. The van der Waals surface area contributed by atoms with Crippen molar-refractivity contribution in [1.82, 2.24) is 9.97 Å². The molecule has 3 heterocycles. The minimum atomic E-state index is 0.0624. The molecule has 29 heavy (non-hydrogen) atoms. The van der Waals surface area contributed by atoms with Gasteiger partial charge in [-0.25, -0.2) is 9.97 Å². The van der Waals surface area contributed by atoms with Crippen molar-refractivity contribution in [3.05, 3.63) is 46.1 Å². The topological polar surface area (TPSA) is 60.7 Å². The first-order chi connectivity index (χ1) is 14.1. The molecule has 7 heteroatoms. The van der Waals surface area contributed by atoms with Gasteiger partial charge in [0.05, 0.1) is 31.8 Å². The van der Waals surface area contributed by atoms with Gasteiger partial charge >= 0.3 is 0 Å². The highest BCUT2D eigenvalue weighted by Crippen LogP contribution is 2.35. The van der Waals surface area contributed by atoms with E-state index in [2.05, 4.69) is 32.2 Å². The van der Waals surface area contributed by atoms with Gasteiger partial charge in [-0.2, -0.15) is 0 Å². The SMILES string of the molecule is COc1ccccc1[C@H](C)Nc1nc(C[NH+]2CCOCC2)nc2sc(C)c(C)c12. The maximum atomic E-state index is 5.56. The third-order valence-electron chi connectivity index (χ3n) is 5.64. The fourth-order valence-electron chi connectivity index (χ4n) is 3.84. The van der Waals surface area contributed by atoms with Gasteiger partial charge in [0.2, 0.25) is 0 Å². The van der Waals surface area contributed by atoms with Crippen LogP contribution in [0.4, 0.5) is 5.82 Å². The summed E-state index contributed by atoms with van der Waals surface area (Å²) in [5.41, 5.74) is 2.37. The molecule has 0 bridgehead atoms. The number of benzene rings is 1. The average Bonchev–Trinajstić information content (AvgIpc) is 3.02. The summed E-state index contributed by atoms with van der Waals surface area (Å²) in [7, 11) is 1.71. The van der Waals surface area contributed by atoms with Crippen LogP contribution in [0.1, 0.15) is 34.8 Å². The number of anilines is 1. The molecule has 1 fully saturated rings. The number of hydrogen-bond donors (Lipinski definition) is 2. The molecule has 154 valence electrons. The van der Waals surface area contributed by atoms with Crippen molar-refractivity contribution in [3.8, 4) is 5.75 Å². The summed E-state index contributed by atoms with van der Waals surface area (Å²) in [4.78, 5) is 13.7. The number of hydrogen-bond acceptors (Lipinski definition) is 6. The van der Waals surface area contributed by atoms with Crippen LogP contribution >= 0.6 is 11.3 Å². The molecular weight excluding hydrogens is 384 g/mol. The van der Waals surface area contributed by atoms with Crippen molar-refractivity contribution in [2.24, 2.45) is 0 Å². The van der Waals surface area contributed by atoms with Gasteiger partial charge in [-0.3, -0.25) is 0 Å². The molecule has 1 aliphatic heterocycles. The number of aromatic nitrogens is 2. The summed E-state index contributed by atoms with van der Waals surface area (Å²) in [6.07, 6.45) is 0. The summed E-state index contributed by atoms with van der Waals surface area (Å²) in [5, 5.41) is 4.78. The standard InChI is InChI=1S/C22H28N4O2S/c1-14-16(3)29-22-20(14)21(23-15(2)17-7-5-6-8-18(17)27-4)24-19(25-22)13-26-9-11-28-12-10-26/h5-8,15H,9-13H2,1-4H3,(H,23,24,25)/p+1/t15-/m0/s1. The molecule has 2 N–H and O–H groups in total. The van der Waals surface area contributed by atoms with Crippen molar-refractivity contribution in [3.63, 3.8) is 0 Å². The third-order valence-corrected chi connectivity index (χ3v) is 6.74. The Morgan fingerprint density at radius 1 is 1.21 bits per heavy atom.